The van der Waals surface area contributed by atoms with Crippen molar-refractivity contribution in [1.82, 2.24) is 15.2 Å². The molecule has 0 radical (unpaired) electrons. The van der Waals surface area contributed by atoms with Crippen LogP contribution in [0.25, 0.3) is 0 Å². The maximum Gasteiger partial charge on any atom is 0.270 e. The van der Waals surface area contributed by atoms with E-state index in [1.165, 1.54) is 34.6 Å². The molecule has 3 aromatic carbocycles. The van der Waals surface area contributed by atoms with Gasteiger partial charge in [-0.3, -0.25) is 9.69 Å². The Kier molecular flexibility index (Phi) is 9.58. The maximum atomic E-state index is 13.5. The van der Waals surface area contributed by atoms with Crippen LogP contribution in [0.2, 0.25) is 0 Å². The predicted octanol–water partition coefficient (Wildman–Crippen LogP) is 7.03. The van der Waals surface area contributed by atoms with Crippen LogP contribution in [0.15, 0.2) is 90.3 Å². The largest absolute Gasteiger partial charge is 0.348 e. The molecule has 0 spiro atoms. The Morgan fingerprint density at radius 1 is 0.946 bits per heavy atom. The number of halogens is 1. The molecule has 1 aromatic heterocycles. The fraction of sp³-hybridized carbons (Fsp3) is 0.290. The Hall–Kier alpha value is -3.35. The smallest absolute Gasteiger partial charge is 0.270 e. The van der Waals surface area contributed by atoms with Crippen LogP contribution in [0, 0.1) is 5.82 Å². The molecule has 1 amide bonds. The Morgan fingerprint density at radius 2 is 1.57 bits per heavy atom. The highest BCUT2D eigenvalue weighted by Crippen LogP contribution is 2.29. The van der Waals surface area contributed by atoms with Gasteiger partial charge in [-0.25, -0.2) is 9.37 Å². The van der Waals surface area contributed by atoms with E-state index < -0.39 is 0 Å². The van der Waals surface area contributed by atoms with Crippen molar-refractivity contribution in [2.24, 2.45) is 0 Å². The van der Waals surface area contributed by atoms with E-state index in [-0.39, 0.29) is 23.7 Å². The summed E-state index contributed by atoms with van der Waals surface area (Å²) in [4.78, 5) is 19.5. The number of thiazole rings is 1. The number of benzene rings is 3. The van der Waals surface area contributed by atoms with Gasteiger partial charge < -0.3 is 5.32 Å². The minimum absolute atomic E-state index is 0.112. The van der Waals surface area contributed by atoms with Crippen molar-refractivity contribution in [1.29, 1.82) is 0 Å². The lowest BCUT2D eigenvalue weighted by atomic mass is 9.88. The minimum atomic E-state index is -0.236. The van der Waals surface area contributed by atoms with E-state index >= 15 is 0 Å². The SMILES string of the molecule is CC[C@@H](C)NC(=O)c1csc(CN(CCC(c2ccccc2)c2ccccc2)Cc2ccc(F)cc2)n1. The Bertz CT molecular complexity index is 1200. The van der Waals surface area contributed by atoms with Crippen molar-refractivity contribution < 1.29 is 9.18 Å². The molecule has 192 valence electrons. The van der Waals surface area contributed by atoms with Gasteiger partial charge in [0, 0.05) is 23.9 Å². The number of nitrogens with one attached hydrogen (secondary N) is 1. The zero-order valence-electron chi connectivity index (χ0n) is 21.4. The zero-order valence-corrected chi connectivity index (χ0v) is 22.3. The molecule has 0 bridgehead atoms. The van der Waals surface area contributed by atoms with Gasteiger partial charge in [0.1, 0.15) is 16.5 Å². The van der Waals surface area contributed by atoms with Crippen LogP contribution in [0.5, 0.6) is 0 Å². The molecular formula is C31H34FN3OS. The highest BCUT2D eigenvalue weighted by Gasteiger charge is 2.19. The molecule has 1 heterocycles. The van der Waals surface area contributed by atoms with Gasteiger partial charge in [-0.1, -0.05) is 79.7 Å². The quantitative estimate of drug-likeness (QED) is 0.220. The third-order valence-corrected chi connectivity index (χ3v) is 7.42. The normalized spacial score (nSPS) is 12.1. The van der Waals surface area contributed by atoms with Crippen molar-refractivity contribution in [3.05, 3.63) is 124 Å². The van der Waals surface area contributed by atoms with E-state index in [9.17, 15) is 9.18 Å². The van der Waals surface area contributed by atoms with Crippen LogP contribution < -0.4 is 5.32 Å². The average Bonchev–Trinajstić information content (AvgIpc) is 3.40. The van der Waals surface area contributed by atoms with Crippen molar-refractivity contribution in [3.8, 4) is 0 Å². The van der Waals surface area contributed by atoms with E-state index in [4.69, 9.17) is 0 Å². The van der Waals surface area contributed by atoms with Gasteiger partial charge in [0.15, 0.2) is 0 Å². The molecule has 1 atom stereocenters. The van der Waals surface area contributed by atoms with Gasteiger partial charge >= 0.3 is 0 Å². The fourth-order valence-corrected chi connectivity index (χ4v) is 5.16. The number of hydrogen-bond acceptors (Lipinski definition) is 4. The van der Waals surface area contributed by atoms with Gasteiger partial charge in [0.05, 0.1) is 6.54 Å². The molecule has 0 aliphatic heterocycles. The summed E-state index contributed by atoms with van der Waals surface area (Å²) >= 11 is 1.51. The van der Waals surface area contributed by atoms with Gasteiger partial charge in [-0.05, 0) is 55.1 Å². The third-order valence-electron chi connectivity index (χ3n) is 6.59. The number of amides is 1. The molecule has 6 heteroatoms. The summed E-state index contributed by atoms with van der Waals surface area (Å²) in [5, 5.41) is 5.72. The summed E-state index contributed by atoms with van der Waals surface area (Å²) < 4.78 is 13.5. The molecule has 37 heavy (non-hydrogen) atoms. The minimum Gasteiger partial charge on any atom is -0.348 e. The van der Waals surface area contributed by atoms with Crippen molar-refractivity contribution in [2.45, 2.75) is 51.7 Å². The maximum absolute atomic E-state index is 13.5. The first-order valence-electron chi connectivity index (χ1n) is 12.8. The van der Waals surface area contributed by atoms with Gasteiger partial charge in [-0.2, -0.15) is 0 Å². The predicted molar refractivity (Wildman–Crippen MR) is 149 cm³/mol. The van der Waals surface area contributed by atoms with Crippen LogP contribution >= 0.6 is 11.3 Å². The molecular weight excluding hydrogens is 481 g/mol. The summed E-state index contributed by atoms with van der Waals surface area (Å²) in [5.74, 6) is -0.109. The highest BCUT2D eigenvalue weighted by molar-refractivity contribution is 7.09. The van der Waals surface area contributed by atoms with Gasteiger partial charge in [0.2, 0.25) is 0 Å². The van der Waals surface area contributed by atoms with Crippen LogP contribution in [-0.4, -0.2) is 28.4 Å². The second-order valence-corrected chi connectivity index (χ2v) is 10.4. The van der Waals surface area contributed by atoms with E-state index in [1.54, 1.807) is 0 Å². The van der Waals surface area contributed by atoms with Crippen molar-refractivity contribution in [2.75, 3.05) is 6.54 Å². The van der Waals surface area contributed by atoms with Gasteiger partial charge in [0.25, 0.3) is 5.91 Å². The lowest BCUT2D eigenvalue weighted by molar-refractivity contribution is 0.0934. The van der Waals surface area contributed by atoms with E-state index in [2.05, 4.69) is 63.7 Å². The topological polar surface area (TPSA) is 45.2 Å². The van der Waals surface area contributed by atoms with E-state index in [1.807, 2.05) is 43.5 Å². The number of carbonyl (C=O) groups is 1. The summed E-state index contributed by atoms with van der Waals surface area (Å²) in [7, 11) is 0. The Balaban J connectivity index is 1.52. The first-order chi connectivity index (χ1) is 18.0. The molecule has 4 rings (SSSR count). The molecule has 4 aromatic rings. The molecule has 0 aliphatic carbocycles. The summed E-state index contributed by atoms with van der Waals surface area (Å²) in [5.41, 5.74) is 4.08. The molecule has 1 N–H and O–H groups in total. The van der Waals surface area contributed by atoms with E-state index in [0.29, 0.717) is 18.8 Å². The lowest BCUT2D eigenvalue weighted by Crippen LogP contribution is -2.32. The average molecular weight is 516 g/mol. The number of rotatable bonds is 12. The number of aromatic nitrogens is 1. The fourth-order valence-electron chi connectivity index (χ4n) is 4.35. The second kappa shape index (κ2) is 13.3. The molecule has 0 saturated heterocycles. The number of carbonyl (C=O) groups excluding carboxylic acids is 1. The standard InChI is InChI=1S/C31H34FN3OS/c1-3-23(2)33-31(36)29-22-37-30(34-29)21-35(20-24-14-16-27(32)17-15-24)19-18-28(25-10-6-4-7-11-25)26-12-8-5-9-13-26/h4-17,22-23,28H,3,18-21H2,1-2H3,(H,33,36)/t23-/m1/s1. The zero-order chi connectivity index (χ0) is 26.0. The van der Waals surface area contributed by atoms with Crippen molar-refractivity contribution >= 4 is 17.2 Å². The number of hydrogen-bond donors (Lipinski definition) is 1. The molecule has 0 aliphatic rings. The van der Waals surface area contributed by atoms with Crippen LogP contribution in [0.3, 0.4) is 0 Å². The summed E-state index contributed by atoms with van der Waals surface area (Å²) in [6.45, 7) is 6.15. The van der Waals surface area contributed by atoms with E-state index in [0.717, 1.165) is 30.0 Å². The molecule has 0 unspecified atom stereocenters. The highest BCUT2D eigenvalue weighted by atomic mass is 32.1. The Labute approximate surface area is 223 Å². The van der Waals surface area contributed by atoms with Crippen molar-refractivity contribution in [3.63, 3.8) is 0 Å². The monoisotopic (exact) mass is 515 g/mol. The lowest BCUT2D eigenvalue weighted by Gasteiger charge is -2.25. The first-order valence-corrected chi connectivity index (χ1v) is 13.7. The molecule has 4 nitrogen and oxygen atoms in total. The van der Waals surface area contributed by atoms with Gasteiger partial charge in [-0.15, -0.1) is 11.3 Å². The number of nitrogens with zero attached hydrogens (tertiary/aromatic N) is 2. The molecule has 0 fully saturated rings. The second-order valence-electron chi connectivity index (χ2n) is 9.41. The third kappa shape index (κ3) is 7.81. The first kappa shape index (κ1) is 26.7. The Morgan fingerprint density at radius 3 is 2.16 bits per heavy atom. The van der Waals surface area contributed by atoms with Crippen LogP contribution in [-0.2, 0) is 13.1 Å². The van der Waals surface area contributed by atoms with Crippen LogP contribution in [0.4, 0.5) is 4.39 Å². The summed E-state index contributed by atoms with van der Waals surface area (Å²) in [6, 6.07) is 28.0. The summed E-state index contributed by atoms with van der Waals surface area (Å²) in [6.07, 6.45) is 1.79. The molecule has 0 saturated carbocycles. The van der Waals surface area contributed by atoms with Crippen LogP contribution in [0.1, 0.15) is 64.8 Å².